The number of nitrogens with one attached hydrogen (secondary N) is 2. The Morgan fingerprint density at radius 2 is 2.14 bits per heavy atom. The van der Waals surface area contributed by atoms with Crippen LogP contribution in [0.25, 0.3) is 0 Å². The number of imidazole rings is 1. The second kappa shape index (κ2) is 6.58. The van der Waals surface area contributed by atoms with Gasteiger partial charge in [0.1, 0.15) is 5.82 Å². The Morgan fingerprint density at radius 3 is 2.86 bits per heavy atom. The topological polar surface area (TPSA) is 59.0 Å². The number of anilines is 1. The maximum atomic E-state index is 11.8. The molecule has 1 saturated carbocycles. The van der Waals surface area contributed by atoms with Crippen LogP contribution in [0, 0.1) is 0 Å². The molecule has 2 N–H and O–H groups in total. The van der Waals surface area contributed by atoms with Crippen LogP contribution in [0.5, 0.6) is 0 Å². The summed E-state index contributed by atoms with van der Waals surface area (Å²) in [6.45, 7) is 1.24. The molecule has 7 heteroatoms. The lowest BCUT2D eigenvalue weighted by molar-refractivity contribution is 0.251. The molecule has 1 aliphatic rings. The lowest BCUT2D eigenvalue weighted by Gasteiger charge is -2.10. The molecule has 22 heavy (non-hydrogen) atoms. The monoisotopic (exact) mass is 338 g/mol. The van der Waals surface area contributed by atoms with Gasteiger partial charge < -0.3 is 15.2 Å². The summed E-state index contributed by atoms with van der Waals surface area (Å²) in [4.78, 5) is 16.2. The zero-order valence-electron chi connectivity index (χ0n) is 11.9. The van der Waals surface area contributed by atoms with Crippen LogP contribution in [0.15, 0.2) is 30.6 Å². The Balaban J connectivity index is 1.47. The summed E-state index contributed by atoms with van der Waals surface area (Å²) in [5.41, 5.74) is 0.605. The van der Waals surface area contributed by atoms with E-state index in [0.29, 0.717) is 34.7 Å². The lowest BCUT2D eigenvalue weighted by atomic mass is 10.3. The molecule has 0 radical (unpaired) electrons. The molecule has 0 aliphatic heterocycles. The first kappa shape index (κ1) is 15.2. The third-order valence-electron chi connectivity index (χ3n) is 3.51. The van der Waals surface area contributed by atoms with Crippen molar-refractivity contribution in [3.05, 3.63) is 46.5 Å². The van der Waals surface area contributed by atoms with Gasteiger partial charge in [-0.3, -0.25) is 0 Å². The second-order valence-electron chi connectivity index (χ2n) is 5.26. The average molecular weight is 339 g/mol. The van der Waals surface area contributed by atoms with Gasteiger partial charge in [-0.2, -0.15) is 0 Å². The van der Waals surface area contributed by atoms with E-state index in [1.165, 1.54) is 12.8 Å². The fourth-order valence-electron chi connectivity index (χ4n) is 2.25. The SMILES string of the molecule is O=C(NCCn1ccnc1C1CC1)Nc1ccc(Cl)c(Cl)c1. The summed E-state index contributed by atoms with van der Waals surface area (Å²) in [6, 6.07) is 4.69. The molecule has 1 aromatic heterocycles. The smallest absolute Gasteiger partial charge is 0.319 e. The normalized spacial score (nSPS) is 13.9. The molecule has 0 atom stereocenters. The van der Waals surface area contributed by atoms with Crippen molar-refractivity contribution >= 4 is 34.9 Å². The summed E-state index contributed by atoms with van der Waals surface area (Å²) >= 11 is 11.7. The van der Waals surface area contributed by atoms with E-state index >= 15 is 0 Å². The second-order valence-corrected chi connectivity index (χ2v) is 6.08. The molecule has 1 aromatic carbocycles. The third kappa shape index (κ3) is 3.72. The van der Waals surface area contributed by atoms with Crippen molar-refractivity contribution in [2.45, 2.75) is 25.3 Å². The fourth-order valence-corrected chi connectivity index (χ4v) is 2.55. The van der Waals surface area contributed by atoms with Gasteiger partial charge in [-0.15, -0.1) is 0 Å². The molecule has 2 amide bonds. The van der Waals surface area contributed by atoms with Gasteiger partial charge in [0.15, 0.2) is 0 Å². The summed E-state index contributed by atoms with van der Waals surface area (Å²) in [5.74, 6) is 1.71. The van der Waals surface area contributed by atoms with Crippen LogP contribution in [0.3, 0.4) is 0 Å². The zero-order chi connectivity index (χ0) is 15.5. The van der Waals surface area contributed by atoms with E-state index in [-0.39, 0.29) is 6.03 Å². The number of carbonyl (C=O) groups excluding carboxylic acids is 1. The number of urea groups is 1. The molecule has 0 saturated heterocycles. The number of nitrogens with zero attached hydrogens (tertiary/aromatic N) is 2. The van der Waals surface area contributed by atoms with E-state index in [2.05, 4.69) is 20.2 Å². The van der Waals surface area contributed by atoms with Crippen LogP contribution in [-0.2, 0) is 6.54 Å². The van der Waals surface area contributed by atoms with Crippen molar-refractivity contribution in [1.29, 1.82) is 0 Å². The molecular weight excluding hydrogens is 323 g/mol. The summed E-state index contributed by atoms with van der Waals surface area (Å²) in [5, 5.41) is 6.40. The first-order valence-corrected chi connectivity index (χ1v) is 7.90. The van der Waals surface area contributed by atoms with E-state index in [1.807, 2.05) is 12.4 Å². The molecule has 0 spiro atoms. The minimum absolute atomic E-state index is 0.272. The average Bonchev–Trinajstić information content (AvgIpc) is 3.23. The van der Waals surface area contributed by atoms with Crippen LogP contribution >= 0.6 is 23.2 Å². The maximum absolute atomic E-state index is 11.8. The fraction of sp³-hybridized carbons (Fsp3) is 0.333. The van der Waals surface area contributed by atoms with Gasteiger partial charge in [0.05, 0.1) is 10.0 Å². The van der Waals surface area contributed by atoms with Crippen LogP contribution in [0.2, 0.25) is 10.0 Å². The highest BCUT2D eigenvalue weighted by atomic mass is 35.5. The van der Waals surface area contributed by atoms with E-state index in [0.717, 1.165) is 5.82 Å². The molecular formula is C15H16Cl2N4O. The number of benzene rings is 1. The minimum atomic E-state index is -0.272. The molecule has 0 unspecified atom stereocenters. The molecule has 116 valence electrons. The molecule has 2 aromatic rings. The predicted octanol–water partition coefficient (Wildman–Crippen LogP) is 3.89. The van der Waals surface area contributed by atoms with Crippen molar-refractivity contribution in [3.8, 4) is 0 Å². The van der Waals surface area contributed by atoms with Gasteiger partial charge >= 0.3 is 6.03 Å². The number of amides is 2. The number of carbonyl (C=O) groups is 1. The number of hydrogen-bond donors (Lipinski definition) is 2. The van der Waals surface area contributed by atoms with Gasteiger partial charge in [-0.25, -0.2) is 9.78 Å². The number of halogens is 2. The molecule has 1 heterocycles. The molecule has 0 bridgehead atoms. The van der Waals surface area contributed by atoms with Gasteiger partial charge in [-0.1, -0.05) is 23.2 Å². The standard InChI is InChI=1S/C15H16Cl2N4O/c16-12-4-3-11(9-13(12)17)20-15(22)19-6-8-21-7-5-18-14(21)10-1-2-10/h3-5,7,9-10H,1-2,6,8H2,(H2,19,20,22). The summed E-state index contributed by atoms with van der Waals surface area (Å²) < 4.78 is 2.09. The minimum Gasteiger partial charge on any atom is -0.336 e. The van der Waals surface area contributed by atoms with E-state index < -0.39 is 0 Å². The number of rotatable bonds is 5. The highest BCUT2D eigenvalue weighted by Gasteiger charge is 2.27. The molecule has 1 fully saturated rings. The Hall–Kier alpha value is -1.72. The van der Waals surface area contributed by atoms with Gasteiger partial charge in [0.2, 0.25) is 0 Å². The third-order valence-corrected chi connectivity index (χ3v) is 4.24. The van der Waals surface area contributed by atoms with E-state index in [4.69, 9.17) is 23.2 Å². The zero-order valence-corrected chi connectivity index (χ0v) is 13.4. The van der Waals surface area contributed by atoms with Crippen molar-refractivity contribution in [1.82, 2.24) is 14.9 Å². The molecule has 1 aliphatic carbocycles. The first-order valence-electron chi connectivity index (χ1n) is 7.14. The van der Waals surface area contributed by atoms with Gasteiger partial charge in [0.25, 0.3) is 0 Å². The van der Waals surface area contributed by atoms with Gasteiger partial charge in [-0.05, 0) is 31.0 Å². The molecule has 3 rings (SSSR count). The molecule has 5 nitrogen and oxygen atoms in total. The summed E-state index contributed by atoms with van der Waals surface area (Å²) in [7, 11) is 0. The highest BCUT2D eigenvalue weighted by molar-refractivity contribution is 6.42. The van der Waals surface area contributed by atoms with Gasteiger partial charge in [0, 0.05) is 37.1 Å². The van der Waals surface area contributed by atoms with Crippen LogP contribution < -0.4 is 10.6 Å². The van der Waals surface area contributed by atoms with Crippen LogP contribution in [-0.4, -0.2) is 22.1 Å². The Labute approximate surface area is 138 Å². The van der Waals surface area contributed by atoms with Crippen LogP contribution in [0.4, 0.5) is 10.5 Å². The van der Waals surface area contributed by atoms with Crippen molar-refractivity contribution in [2.75, 3.05) is 11.9 Å². The lowest BCUT2D eigenvalue weighted by Crippen LogP contribution is -2.31. The Kier molecular flexibility index (Phi) is 4.55. The number of hydrogen-bond acceptors (Lipinski definition) is 2. The summed E-state index contributed by atoms with van der Waals surface area (Å²) in [6.07, 6.45) is 6.18. The van der Waals surface area contributed by atoms with Crippen molar-refractivity contribution in [3.63, 3.8) is 0 Å². The van der Waals surface area contributed by atoms with E-state index in [9.17, 15) is 4.79 Å². The van der Waals surface area contributed by atoms with Crippen molar-refractivity contribution in [2.24, 2.45) is 0 Å². The quantitative estimate of drug-likeness (QED) is 0.868. The van der Waals surface area contributed by atoms with E-state index in [1.54, 1.807) is 18.2 Å². The number of aromatic nitrogens is 2. The Bertz CT molecular complexity index is 682. The maximum Gasteiger partial charge on any atom is 0.319 e. The largest absolute Gasteiger partial charge is 0.336 e. The van der Waals surface area contributed by atoms with Crippen LogP contribution in [0.1, 0.15) is 24.6 Å². The first-order chi connectivity index (χ1) is 10.6. The van der Waals surface area contributed by atoms with Crippen molar-refractivity contribution < 1.29 is 4.79 Å². The predicted molar refractivity (Wildman–Crippen MR) is 87.7 cm³/mol. The Morgan fingerprint density at radius 1 is 1.32 bits per heavy atom. The highest BCUT2D eigenvalue weighted by Crippen LogP contribution is 2.38.